The fourth-order valence-electron chi connectivity index (χ4n) is 3.40. The number of amides is 1. The second kappa shape index (κ2) is 11.6. The number of hydrogen-bond donors (Lipinski definition) is 1. The molecule has 1 saturated heterocycles. The fraction of sp³-hybridized carbons (Fsp3) is 0.409. The van der Waals surface area contributed by atoms with Crippen molar-refractivity contribution in [1.29, 1.82) is 0 Å². The lowest BCUT2D eigenvalue weighted by Crippen LogP contribution is -2.49. The van der Waals surface area contributed by atoms with Crippen LogP contribution in [0.3, 0.4) is 0 Å². The van der Waals surface area contributed by atoms with E-state index in [2.05, 4.69) is 15.3 Å². The van der Waals surface area contributed by atoms with Gasteiger partial charge in [0.05, 0.1) is 20.0 Å². The molecule has 2 heterocycles. The van der Waals surface area contributed by atoms with Crippen LogP contribution in [0, 0.1) is 0 Å². The molecule has 1 amide bonds. The van der Waals surface area contributed by atoms with Crippen molar-refractivity contribution in [2.45, 2.75) is 6.42 Å². The number of aromatic nitrogens is 2. The SMILES string of the molecule is COc1ccc(/C=C\C(=O)NCCCS(=O)(=O)N2CCN(c3ncccn3)CC2)cc1OC. The molecule has 0 radical (unpaired) electrons. The number of anilines is 1. The molecule has 0 spiro atoms. The maximum absolute atomic E-state index is 12.6. The maximum atomic E-state index is 12.6. The van der Waals surface area contributed by atoms with Gasteiger partial charge in [0.1, 0.15) is 0 Å². The van der Waals surface area contributed by atoms with Crippen LogP contribution in [0.15, 0.2) is 42.7 Å². The molecule has 0 saturated carbocycles. The highest BCUT2D eigenvalue weighted by atomic mass is 32.2. The van der Waals surface area contributed by atoms with Crippen LogP contribution in [0.1, 0.15) is 12.0 Å². The molecule has 1 aliphatic rings. The molecule has 0 bridgehead atoms. The Morgan fingerprint density at radius 2 is 1.79 bits per heavy atom. The second-order valence-electron chi connectivity index (χ2n) is 7.34. The van der Waals surface area contributed by atoms with Gasteiger partial charge < -0.3 is 19.7 Å². The molecule has 0 unspecified atom stereocenters. The van der Waals surface area contributed by atoms with Gasteiger partial charge in [0, 0.05) is 51.2 Å². The molecular weight excluding hydrogens is 446 g/mol. The van der Waals surface area contributed by atoms with Crippen molar-refractivity contribution in [3.63, 3.8) is 0 Å². The van der Waals surface area contributed by atoms with Gasteiger partial charge in [0.2, 0.25) is 21.9 Å². The number of benzene rings is 1. The number of nitrogens with zero attached hydrogens (tertiary/aromatic N) is 4. The topological polar surface area (TPSA) is 114 Å². The van der Waals surface area contributed by atoms with E-state index in [1.165, 1.54) is 10.4 Å². The van der Waals surface area contributed by atoms with Crippen LogP contribution in [0.5, 0.6) is 11.5 Å². The summed E-state index contributed by atoms with van der Waals surface area (Å²) in [6.45, 7) is 2.13. The quantitative estimate of drug-likeness (QED) is 0.402. The Kier molecular flexibility index (Phi) is 8.61. The Bertz CT molecular complexity index is 1050. The van der Waals surface area contributed by atoms with Crippen LogP contribution in [0.2, 0.25) is 0 Å². The molecule has 0 atom stereocenters. The summed E-state index contributed by atoms with van der Waals surface area (Å²) in [5.74, 6) is 1.48. The van der Waals surface area contributed by atoms with E-state index in [4.69, 9.17) is 9.47 Å². The zero-order valence-electron chi connectivity index (χ0n) is 18.8. The third-order valence-electron chi connectivity index (χ3n) is 5.18. The lowest BCUT2D eigenvalue weighted by Gasteiger charge is -2.33. The molecule has 2 aromatic rings. The number of sulfonamides is 1. The number of nitrogens with one attached hydrogen (secondary N) is 1. The molecule has 0 aliphatic carbocycles. The minimum Gasteiger partial charge on any atom is -0.493 e. The van der Waals surface area contributed by atoms with Gasteiger partial charge in [-0.1, -0.05) is 6.07 Å². The van der Waals surface area contributed by atoms with E-state index in [0.29, 0.717) is 50.0 Å². The summed E-state index contributed by atoms with van der Waals surface area (Å²) in [5, 5.41) is 2.72. The Morgan fingerprint density at radius 3 is 2.45 bits per heavy atom. The number of ether oxygens (including phenoxy) is 2. The molecule has 11 heteroatoms. The molecule has 10 nitrogen and oxygen atoms in total. The predicted octanol–water partition coefficient (Wildman–Crippen LogP) is 1.17. The zero-order valence-corrected chi connectivity index (χ0v) is 19.6. The fourth-order valence-corrected chi connectivity index (χ4v) is 4.89. The van der Waals surface area contributed by atoms with E-state index >= 15 is 0 Å². The summed E-state index contributed by atoms with van der Waals surface area (Å²) in [4.78, 5) is 22.4. The number of methoxy groups -OCH3 is 2. The summed E-state index contributed by atoms with van der Waals surface area (Å²) < 4.78 is 37.2. The minimum atomic E-state index is -3.39. The van der Waals surface area contributed by atoms with Gasteiger partial charge in [-0.25, -0.2) is 18.4 Å². The van der Waals surface area contributed by atoms with E-state index in [9.17, 15) is 13.2 Å². The lowest BCUT2D eigenvalue weighted by molar-refractivity contribution is -0.116. The molecule has 1 aromatic heterocycles. The molecular formula is C22H29N5O5S. The zero-order chi connectivity index (χ0) is 23.7. The van der Waals surface area contributed by atoms with E-state index in [-0.39, 0.29) is 18.2 Å². The van der Waals surface area contributed by atoms with Gasteiger partial charge in [0.15, 0.2) is 11.5 Å². The Balaban J connectivity index is 1.40. The number of rotatable bonds is 10. The predicted molar refractivity (Wildman–Crippen MR) is 126 cm³/mol. The van der Waals surface area contributed by atoms with Crippen molar-refractivity contribution < 1.29 is 22.7 Å². The van der Waals surface area contributed by atoms with Crippen LogP contribution in [0.4, 0.5) is 5.95 Å². The van der Waals surface area contributed by atoms with E-state index in [0.717, 1.165) is 5.56 Å². The standard InChI is InChI=1S/C22H29N5O5S/c1-31-19-7-5-18(17-20(19)32-2)6-8-21(28)23-11-4-16-33(29,30)27-14-12-26(13-15-27)22-24-9-3-10-25-22/h3,5-10,17H,4,11-16H2,1-2H3,(H,23,28)/b8-6-. The average molecular weight is 476 g/mol. The van der Waals surface area contributed by atoms with Crippen molar-refractivity contribution >= 4 is 28.0 Å². The first-order valence-corrected chi connectivity index (χ1v) is 12.2. The van der Waals surface area contributed by atoms with Crippen molar-refractivity contribution in [3.05, 3.63) is 48.3 Å². The second-order valence-corrected chi connectivity index (χ2v) is 9.43. The highest BCUT2D eigenvalue weighted by Crippen LogP contribution is 2.27. The summed E-state index contributed by atoms with van der Waals surface area (Å²) in [7, 11) is -0.284. The summed E-state index contributed by atoms with van der Waals surface area (Å²) in [6, 6.07) is 7.07. The Hall–Kier alpha value is -3.18. The molecule has 1 fully saturated rings. The van der Waals surface area contributed by atoms with Gasteiger partial charge in [0.25, 0.3) is 0 Å². The van der Waals surface area contributed by atoms with Gasteiger partial charge in [-0.15, -0.1) is 0 Å². The van der Waals surface area contributed by atoms with Gasteiger partial charge in [-0.05, 0) is 36.3 Å². The first-order valence-electron chi connectivity index (χ1n) is 10.6. The summed E-state index contributed by atoms with van der Waals surface area (Å²) in [6.07, 6.45) is 6.73. The van der Waals surface area contributed by atoms with Crippen molar-refractivity contribution in [2.24, 2.45) is 0 Å². The van der Waals surface area contributed by atoms with Gasteiger partial charge in [-0.3, -0.25) is 4.79 Å². The molecule has 1 N–H and O–H groups in total. The van der Waals surface area contributed by atoms with Gasteiger partial charge >= 0.3 is 0 Å². The summed E-state index contributed by atoms with van der Waals surface area (Å²) >= 11 is 0. The average Bonchev–Trinajstić information content (AvgIpc) is 2.85. The van der Waals surface area contributed by atoms with Crippen LogP contribution < -0.4 is 19.7 Å². The van der Waals surface area contributed by atoms with Crippen molar-refractivity contribution in [3.8, 4) is 11.5 Å². The molecule has 178 valence electrons. The van der Waals surface area contributed by atoms with Crippen LogP contribution in [-0.2, 0) is 14.8 Å². The lowest BCUT2D eigenvalue weighted by atomic mass is 10.2. The normalized spacial score (nSPS) is 14.9. The van der Waals surface area contributed by atoms with E-state index < -0.39 is 10.0 Å². The smallest absolute Gasteiger partial charge is 0.243 e. The number of carbonyl (C=O) groups is 1. The van der Waals surface area contributed by atoms with Crippen LogP contribution in [0.25, 0.3) is 6.08 Å². The van der Waals surface area contributed by atoms with E-state index in [1.807, 2.05) is 4.90 Å². The monoisotopic (exact) mass is 475 g/mol. The molecule has 1 aromatic carbocycles. The maximum Gasteiger partial charge on any atom is 0.243 e. The third-order valence-corrected chi connectivity index (χ3v) is 7.14. The third kappa shape index (κ3) is 6.90. The molecule has 1 aliphatic heterocycles. The summed E-state index contributed by atoms with van der Waals surface area (Å²) in [5.41, 5.74) is 0.783. The first kappa shape index (κ1) is 24.5. The molecule has 33 heavy (non-hydrogen) atoms. The number of carbonyl (C=O) groups excluding carboxylic acids is 1. The number of piperazine rings is 1. The minimum absolute atomic E-state index is 0.0193. The first-order chi connectivity index (χ1) is 15.9. The highest BCUT2D eigenvalue weighted by Gasteiger charge is 2.27. The van der Waals surface area contributed by atoms with Crippen LogP contribution in [-0.4, -0.2) is 81.3 Å². The van der Waals surface area contributed by atoms with Crippen molar-refractivity contribution in [1.82, 2.24) is 19.6 Å². The van der Waals surface area contributed by atoms with Crippen LogP contribution >= 0.6 is 0 Å². The van der Waals surface area contributed by atoms with Crippen molar-refractivity contribution in [2.75, 3.05) is 57.6 Å². The highest BCUT2D eigenvalue weighted by molar-refractivity contribution is 7.89. The van der Waals surface area contributed by atoms with E-state index in [1.54, 1.807) is 57.0 Å². The Morgan fingerprint density at radius 1 is 1.09 bits per heavy atom. The van der Waals surface area contributed by atoms with Gasteiger partial charge in [-0.2, -0.15) is 4.31 Å². The Labute approximate surface area is 194 Å². The number of hydrogen-bond acceptors (Lipinski definition) is 8. The largest absolute Gasteiger partial charge is 0.493 e. The molecule has 3 rings (SSSR count).